The molecular weight excluding hydrogens is 223 g/mol. The van der Waals surface area contributed by atoms with Gasteiger partial charge in [-0.1, -0.05) is 0 Å². The average Bonchev–Trinajstić information content (AvgIpc) is 2.68. The molecule has 0 aliphatic rings. The van der Waals surface area contributed by atoms with Gasteiger partial charge in [0.2, 0.25) is 5.82 Å². The zero-order chi connectivity index (χ0) is 11.8. The minimum absolute atomic E-state index is 0.0253. The molecule has 0 saturated carbocycles. The summed E-state index contributed by atoms with van der Waals surface area (Å²) in [6, 6.07) is 1.23. The van der Waals surface area contributed by atoms with Crippen LogP contribution in [0.5, 0.6) is 0 Å². The maximum absolute atomic E-state index is 12.4. The fourth-order valence-electron chi connectivity index (χ4n) is 1.11. The Morgan fingerprint density at radius 2 is 2.00 bits per heavy atom. The van der Waals surface area contributed by atoms with Crippen molar-refractivity contribution in [3.05, 3.63) is 30.6 Å². The number of nitrogens with two attached hydrogens (primary N) is 1. The first kappa shape index (κ1) is 10.4. The number of anilines is 1. The molecule has 0 radical (unpaired) electrons. The summed E-state index contributed by atoms with van der Waals surface area (Å²) in [5.74, 6) is -1.49. The Bertz CT molecular complexity index is 491. The van der Waals surface area contributed by atoms with Crippen molar-refractivity contribution in [3.8, 4) is 5.82 Å². The normalized spacial score (nSPS) is 11.7. The zero-order valence-electron chi connectivity index (χ0n) is 7.81. The number of nitrogen functional groups attached to an aromatic ring is 1. The maximum atomic E-state index is 12.4. The van der Waals surface area contributed by atoms with E-state index in [0.717, 1.165) is 0 Å². The van der Waals surface area contributed by atoms with Gasteiger partial charge < -0.3 is 5.73 Å². The highest BCUT2D eigenvalue weighted by Crippen LogP contribution is 2.27. The lowest BCUT2D eigenvalue weighted by Crippen LogP contribution is -2.14. The zero-order valence-corrected chi connectivity index (χ0v) is 7.81. The molecule has 0 spiro atoms. The molecule has 0 bridgehead atoms. The number of nitrogens with zero attached hydrogens (tertiary/aromatic N) is 4. The van der Waals surface area contributed by atoms with Crippen molar-refractivity contribution in [2.24, 2.45) is 0 Å². The summed E-state index contributed by atoms with van der Waals surface area (Å²) in [5.41, 5.74) is 5.28. The molecule has 0 aliphatic carbocycles. The Labute approximate surface area is 87.8 Å². The third kappa shape index (κ3) is 1.95. The summed E-state index contributed by atoms with van der Waals surface area (Å²) >= 11 is 0. The highest BCUT2D eigenvalue weighted by molar-refractivity contribution is 5.37. The Hall–Kier alpha value is -2.12. The van der Waals surface area contributed by atoms with Gasteiger partial charge in [-0.25, -0.2) is 15.0 Å². The second-order valence-corrected chi connectivity index (χ2v) is 2.94. The van der Waals surface area contributed by atoms with Crippen molar-refractivity contribution in [3.63, 3.8) is 0 Å². The fourth-order valence-corrected chi connectivity index (χ4v) is 1.11. The predicted octanol–water partition coefficient (Wildman–Crippen LogP) is 1.26. The molecule has 84 valence electrons. The van der Waals surface area contributed by atoms with Gasteiger partial charge in [-0.15, -0.1) is 0 Å². The molecule has 0 fully saturated rings. The Kier molecular flexibility index (Phi) is 2.26. The Morgan fingerprint density at radius 3 is 2.56 bits per heavy atom. The first-order valence-electron chi connectivity index (χ1n) is 4.17. The molecule has 0 atom stereocenters. The second kappa shape index (κ2) is 3.47. The van der Waals surface area contributed by atoms with Crippen LogP contribution in [-0.4, -0.2) is 19.5 Å². The van der Waals surface area contributed by atoms with Crippen LogP contribution in [0.2, 0.25) is 0 Å². The first-order valence-corrected chi connectivity index (χ1v) is 4.17. The van der Waals surface area contributed by atoms with Crippen molar-refractivity contribution in [1.82, 2.24) is 19.5 Å². The van der Waals surface area contributed by atoms with Crippen molar-refractivity contribution < 1.29 is 13.2 Å². The lowest BCUT2D eigenvalue weighted by atomic mass is 10.4. The lowest BCUT2D eigenvalue weighted by molar-refractivity contribution is -0.144. The highest BCUT2D eigenvalue weighted by atomic mass is 19.4. The highest BCUT2D eigenvalue weighted by Gasteiger charge is 2.35. The van der Waals surface area contributed by atoms with Gasteiger partial charge in [0.25, 0.3) is 0 Å². The predicted molar refractivity (Wildman–Crippen MR) is 48.6 cm³/mol. The van der Waals surface area contributed by atoms with E-state index >= 15 is 0 Å². The lowest BCUT2D eigenvalue weighted by Gasteiger charge is -2.08. The van der Waals surface area contributed by atoms with Crippen LogP contribution in [0.25, 0.3) is 5.82 Å². The summed E-state index contributed by atoms with van der Waals surface area (Å²) in [4.78, 5) is 10.2. The van der Waals surface area contributed by atoms with Gasteiger partial charge in [-0.05, 0) is 0 Å². The van der Waals surface area contributed by atoms with E-state index in [2.05, 4.69) is 15.0 Å². The topological polar surface area (TPSA) is 69.6 Å². The van der Waals surface area contributed by atoms with E-state index in [0.29, 0.717) is 0 Å². The fraction of sp³-hybridized carbons (Fsp3) is 0.125. The number of imidazole rings is 1. The molecule has 2 N–H and O–H groups in total. The number of hydrogen-bond acceptors (Lipinski definition) is 4. The molecule has 2 aromatic heterocycles. The van der Waals surface area contributed by atoms with Crippen LogP contribution < -0.4 is 5.73 Å². The standard InChI is InChI=1S/C8H6F3N5/c9-8(10,11)7-14-5(12)3-6(15-7)16-2-1-13-4-16/h1-4H,(H2,12,14,15). The number of aromatic nitrogens is 4. The van der Waals surface area contributed by atoms with E-state index in [4.69, 9.17) is 5.73 Å². The number of alkyl halides is 3. The third-order valence-corrected chi connectivity index (χ3v) is 1.75. The molecule has 8 heteroatoms. The van der Waals surface area contributed by atoms with Crippen LogP contribution in [0.15, 0.2) is 24.8 Å². The van der Waals surface area contributed by atoms with Crippen molar-refractivity contribution in [1.29, 1.82) is 0 Å². The van der Waals surface area contributed by atoms with Gasteiger partial charge in [0.1, 0.15) is 18.0 Å². The summed E-state index contributed by atoms with van der Waals surface area (Å²) in [7, 11) is 0. The van der Waals surface area contributed by atoms with Gasteiger partial charge in [0, 0.05) is 18.5 Å². The smallest absolute Gasteiger partial charge is 0.384 e. The number of rotatable bonds is 1. The van der Waals surface area contributed by atoms with Crippen LogP contribution >= 0.6 is 0 Å². The quantitative estimate of drug-likeness (QED) is 0.799. The van der Waals surface area contributed by atoms with Gasteiger partial charge >= 0.3 is 6.18 Å². The minimum atomic E-state index is -4.62. The van der Waals surface area contributed by atoms with E-state index in [1.807, 2.05) is 0 Å². The summed E-state index contributed by atoms with van der Waals surface area (Å²) in [6.45, 7) is 0. The van der Waals surface area contributed by atoms with Crippen LogP contribution in [0.4, 0.5) is 19.0 Å². The van der Waals surface area contributed by atoms with Gasteiger partial charge in [0.05, 0.1) is 0 Å². The Morgan fingerprint density at radius 1 is 1.25 bits per heavy atom. The van der Waals surface area contributed by atoms with Crippen LogP contribution in [0.3, 0.4) is 0 Å². The molecule has 16 heavy (non-hydrogen) atoms. The van der Waals surface area contributed by atoms with Crippen LogP contribution in [0.1, 0.15) is 5.82 Å². The van der Waals surface area contributed by atoms with E-state index in [1.165, 1.54) is 29.4 Å². The largest absolute Gasteiger partial charge is 0.451 e. The molecule has 2 heterocycles. The average molecular weight is 229 g/mol. The minimum Gasteiger partial charge on any atom is -0.384 e. The van der Waals surface area contributed by atoms with E-state index in [-0.39, 0.29) is 11.6 Å². The first-order chi connectivity index (χ1) is 7.47. The summed E-state index contributed by atoms with van der Waals surface area (Å²) in [6.07, 6.45) is -0.417. The number of hydrogen-bond donors (Lipinski definition) is 1. The van der Waals surface area contributed by atoms with E-state index < -0.39 is 12.0 Å². The van der Waals surface area contributed by atoms with Gasteiger partial charge in [-0.3, -0.25) is 4.57 Å². The van der Waals surface area contributed by atoms with Crippen molar-refractivity contribution in [2.45, 2.75) is 6.18 Å². The third-order valence-electron chi connectivity index (χ3n) is 1.75. The molecule has 0 aliphatic heterocycles. The van der Waals surface area contributed by atoms with Gasteiger partial charge in [0.15, 0.2) is 0 Å². The monoisotopic (exact) mass is 229 g/mol. The van der Waals surface area contributed by atoms with E-state index in [9.17, 15) is 13.2 Å². The molecule has 2 aromatic rings. The molecule has 0 aromatic carbocycles. The van der Waals surface area contributed by atoms with Crippen LogP contribution in [0, 0.1) is 0 Å². The Balaban J connectivity index is 2.53. The number of halogens is 3. The molecule has 2 rings (SSSR count). The van der Waals surface area contributed by atoms with E-state index in [1.54, 1.807) is 0 Å². The maximum Gasteiger partial charge on any atom is 0.451 e. The molecule has 5 nitrogen and oxygen atoms in total. The molecule has 0 amide bonds. The van der Waals surface area contributed by atoms with Gasteiger partial charge in [-0.2, -0.15) is 13.2 Å². The second-order valence-electron chi connectivity index (χ2n) is 2.94. The summed E-state index contributed by atoms with van der Waals surface area (Å²) < 4.78 is 38.5. The SMILES string of the molecule is Nc1cc(-n2ccnc2)nc(C(F)(F)F)n1. The molecule has 0 saturated heterocycles. The molecular formula is C8H6F3N5. The van der Waals surface area contributed by atoms with Crippen molar-refractivity contribution in [2.75, 3.05) is 5.73 Å². The van der Waals surface area contributed by atoms with Crippen molar-refractivity contribution >= 4 is 5.82 Å². The molecule has 0 unspecified atom stereocenters. The summed E-state index contributed by atoms with van der Waals surface area (Å²) in [5, 5.41) is 0. The van der Waals surface area contributed by atoms with Crippen LogP contribution in [-0.2, 0) is 6.18 Å².